The van der Waals surface area contributed by atoms with Gasteiger partial charge in [0, 0.05) is 31.9 Å². The normalized spacial score (nSPS) is 17.9. The standard InChI is InChI=1S/C20H22N4O5S/c1-13-5-3-7-18(21-13)22-19(25)14-6-4-10-24(12-14)30(27,28)15-8-9-16-17(11-15)29-20(26)23(16)2/h3,5,7-9,11,14H,4,6,10,12H2,1-2H3,(H,21,22,25). The summed E-state index contributed by atoms with van der Waals surface area (Å²) in [6, 6.07) is 9.68. The van der Waals surface area contributed by atoms with Crippen molar-refractivity contribution >= 4 is 32.8 Å². The Morgan fingerprint density at radius 3 is 2.83 bits per heavy atom. The Kier molecular flexibility index (Phi) is 5.20. The number of aryl methyl sites for hydroxylation is 2. The van der Waals surface area contributed by atoms with Gasteiger partial charge in [-0.15, -0.1) is 0 Å². The van der Waals surface area contributed by atoms with E-state index in [1.807, 2.05) is 13.0 Å². The second kappa shape index (κ2) is 7.69. The summed E-state index contributed by atoms with van der Waals surface area (Å²) in [5.74, 6) is -0.838. The van der Waals surface area contributed by atoms with Crippen molar-refractivity contribution in [2.24, 2.45) is 13.0 Å². The Balaban J connectivity index is 1.54. The van der Waals surface area contributed by atoms with Crippen molar-refractivity contribution in [3.8, 4) is 0 Å². The Bertz CT molecular complexity index is 1280. The van der Waals surface area contributed by atoms with Gasteiger partial charge in [-0.25, -0.2) is 18.2 Å². The quantitative estimate of drug-likeness (QED) is 0.676. The number of fused-ring (bicyclic) bond motifs is 1. The average molecular weight is 430 g/mol. The lowest BCUT2D eigenvalue weighted by Crippen LogP contribution is -2.43. The lowest BCUT2D eigenvalue weighted by atomic mass is 9.99. The molecule has 1 atom stereocenters. The zero-order chi connectivity index (χ0) is 21.5. The first-order valence-electron chi connectivity index (χ1n) is 9.60. The zero-order valence-corrected chi connectivity index (χ0v) is 17.5. The first-order valence-corrected chi connectivity index (χ1v) is 11.0. The summed E-state index contributed by atoms with van der Waals surface area (Å²) in [5.41, 5.74) is 1.50. The summed E-state index contributed by atoms with van der Waals surface area (Å²) in [4.78, 5) is 28.6. The number of hydrogen-bond acceptors (Lipinski definition) is 6. The second-order valence-electron chi connectivity index (χ2n) is 7.41. The number of piperidine rings is 1. The molecule has 3 heterocycles. The highest BCUT2D eigenvalue weighted by Crippen LogP contribution is 2.26. The fourth-order valence-corrected chi connectivity index (χ4v) is 5.18. The molecule has 4 rings (SSSR count). The molecule has 1 aromatic carbocycles. The number of nitrogens with zero attached hydrogens (tertiary/aromatic N) is 3. The lowest BCUT2D eigenvalue weighted by Gasteiger charge is -2.31. The van der Waals surface area contributed by atoms with E-state index in [1.54, 1.807) is 25.2 Å². The van der Waals surface area contributed by atoms with Crippen LogP contribution in [0.4, 0.5) is 5.82 Å². The molecule has 1 saturated heterocycles. The second-order valence-corrected chi connectivity index (χ2v) is 9.35. The van der Waals surface area contributed by atoms with Gasteiger partial charge < -0.3 is 9.73 Å². The Labute approximate surface area is 173 Å². The third kappa shape index (κ3) is 3.75. The topological polar surface area (TPSA) is 115 Å². The first-order chi connectivity index (χ1) is 14.3. The molecule has 1 aliphatic rings. The molecule has 0 bridgehead atoms. The highest BCUT2D eigenvalue weighted by atomic mass is 32.2. The molecular formula is C20H22N4O5S. The molecule has 0 saturated carbocycles. The van der Waals surface area contributed by atoms with Gasteiger partial charge in [0.15, 0.2) is 5.58 Å². The van der Waals surface area contributed by atoms with Gasteiger partial charge in [-0.05, 0) is 44.0 Å². The Hall–Kier alpha value is -2.98. The van der Waals surface area contributed by atoms with Crippen LogP contribution in [0.1, 0.15) is 18.5 Å². The number of anilines is 1. The van der Waals surface area contributed by atoms with E-state index >= 15 is 0 Å². The molecule has 0 spiro atoms. The smallest absolute Gasteiger partial charge is 0.408 e. The van der Waals surface area contributed by atoms with Gasteiger partial charge >= 0.3 is 5.76 Å². The van der Waals surface area contributed by atoms with E-state index in [4.69, 9.17) is 4.42 Å². The van der Waals surface area contributed by atoms with Gasteiger partial charge in [0.25, 0.3) is 0 Å². The van der Waals surface area contributed by atoms with Crippen LogP contribution in [0.25, 0.3) is 11.1 Å². The van der Waals surface area contributed by atoms with Crippen LogP contribution in [0.2, 0.25) is 0 Å². The van der Waals surface area contributed by atoms with Crippen molar-refractivity contribution in [3.63, 3.8) is 0 Å². The number of carbonyl (C=O) groups excluding carboxylic acids is 1. The maximum Gasteiger partial charge on any atom is 0.419 e. The molecule has 1 N–H and O–H groups in total. The minimum atomic E-state index is -3.84. The number of pyridine rings is 1. The van der Waals surface area contributed by atoms with E-state index < -0.39 is 21.7 Å². The number of amides is 1. The molecule has 0 aliphatic carbocycles. The van der Waals surface area contributed by atoms with Crippen molar-refractivity contribution < 1.29 is 17.6 Å². The molecule has 1 amide bonds. The number of aromatic nitrogens is 2. The number of benzene rings is 1. The van der Waals surface area contributed by atoms with Gasteiger partial charge in [0.2, 0.25) is 15.9 Å². The van der Waals surface area contributed by atoms with Crippen molar-refractivity contribution in [3.05, 3.63) is 52.6 Å². The number of hydrogen-bond donors (Lipinski definition) is 1. The van der Waals surface area contributed by atoms with E-state index in [9.17, 15) is 18.0 Å². The molecule has 1 unspecified atom stereocenters. The molecule has 1 fully saturated rings. The predicted molar refractivity (Wildman–Crippen MR) is 111 cm³/mol. The van der Waals surface area contributed by atoms with Crippen LogP contribution in [0, 0.1) is 12.8 Å². The molecule has 158 valence electrons. The Morgan fingerprint density at radius 1 is 1.27 bits per heavy atom. The van der Waals surface area contributed by atoms with E-state index in [0.717, 1.165) is 5.69 Å². The lowest BCUT2D eigenvalue weighted by molar-refractivity contribution is -0.120. The Morgan fingerprint density at radius 2 is 2.07 bits per heavy atom. The van der Waals surface area contributed by atoms with E-state index in [-0.39, 0.29) is 22.9 Å². The van der Waals surface area contributed by atoms with E-state index in [2.05, 4.69) is 10.3 Å². The van der Waals surface area contributed by atoms with Crippen molar-refractivity contribution in [2.75, 3.05) is 18.4 Å². The fraction of sp³-hybridized carbons (Fsp3) is 0.350. The highest BCUT2D eigenvalue weighted by Gasteiger charge is 2.33. The number of rotatable bonds is 4. The molecule has 9 nitrogen and oxygen atoms in total. The first kappa shape index (κ1) is 20.3. The number of oxazole rings is 1. The van der Waals surface area contributed by atoms with Crippen molar-refractivity contribution in [2.45, 2.75) is 24.7 Å². The summed E-state index contributed by atoms with van der Waals surface area (Å²) >= 11 is 0. The van der Waals surface area contributed by atoms with Gasteiger partial charge in [0.05, 0.1) is 16.3 Å². The third-order valence-electron chi connectivity index (χ3n) is 5.30. The predicted octanol–water partition coefficient (Wildman–Crippen LogP) is 1.87. The maximum atomic E-state index is 13.1. The summed E-state index contributed by atoms with van der Waals surface area (Å²) in [7, 11) is -2.28. The number of sulfonamides is 1. The molecule has 10 heteroatoms. The van der Waals surface area contributed by atoms with Crippen LogP contribution in [-0.2, 0) is 21.9 Å². The van der Waals surface area contributed by atoms with Crippen LogP contribution in [0.5, 0.6) is 0 Å². The van der Waals surface area contributed by atoms with Gasteiger partial charge in [0.1, 0.15) is 5.82 Å². The van der Waals surface area contributed by atoms with Gasteiger partial charge in [-0.3, -0.25) is 9.36 Å². The minimum absolute atomic E-state index is 0.0331. The van der Waals surface area contributed by atoms with Gasteiger partial charge in [-0.2, -0.15) is 4.31 Å². The van der Waals surface area contributed by atoms with Crippen LogP contribution in [-0.4, -0.2) is 41.3 Å². The maximum absolute atomic E-state index is 13.1. The number of nitrogens with one attached hydrogen (secondary N) is 1. The van der Waals surface area contributed by atoms with Crippen molar-refractivity contribution in [1.82, 2.24) is 13.9 Å². The SMILES string of the molecule is Cc1cccc(NC(=O)C2CCCN(S(=O)(=O)c3ccc4c(c3)oc(=O)n4C)C2)n1. The summed E-state index contributed by atoms with van der Waals surface area (Å²) in [6.45, 7) is 2.23. The van der Waals surface area contributed by atoms with E-state index in [0.29, 0.717) is 30.7 Å². The molecular weight excluding hydrogens is 408 g/mol. The fourth-order valence-electron chi connectivity index (χ4n) is 3.64. The summed E-state index contributed by atoms with van der Waals surface area (Å²) in [6.07, 6.45) is 1.16. The minimum Gasteiger partial charge on any atom is -0.408 e. The molecule has 2 aromatic heterocycles. The van der Waals surface area contributed by atoms with Crippen molar-refractivity contribution in [1.29, 1.82) is 0 Å². The van der Waals surface area contributed by atoms with Crippen LogP contribution < -0.4 is 11.1 Å². The van der Waals surface area contributed by atoms with Crippen LogP contribution in [0.3, 0.4) is 0 Å². The summed E-state index contributed by atoms with van der Waals surface area (Å²) < 4.78 is 34.0. The molecule has 0 radical (unpaired) electrons. The zero-order valence-electron chi connectivity index (χ0n) is 16.7. The van der Waals surface area contributed by atoms with Gasteiger partial charge in [-0.1, -0.05) is 6.07 Å². The van der Waals surface area contributed by atoms with Crippen LogP contribution in [0.15, 0.2) is 50.5 Å². The van der Waals surface area contributed by atoms with E-state index in [1.165, 1.54) is 21.0 Å². The highest BCUT2D eigenvalue weighted by molar-refractivity contribution is 7.89. The molecule has 1 aliphatic heterocycles. The third-order valence-corrected chi connectivity index (χ3v) is 7.16. The largest absolute Gasteiger partial charge is 0.419 e. The summed E-state index contributed by atoms with van der Waals surface area (Å²) in [5, 5.41) is 2.77. The number of carbonyl (C=O) groups is 1. The molecule has 30 heavy (non-hydrogen) atoms. The van der Waals surface area contributed by atoms with Crippen LogP contribution >= 0.6 is 0 Å². The monoisotopic (exact) mass is 430 g/mol. The average Bonchev–Trinajstić information content (AvgIpc) is 3.01. The molecule has 3 aromatic rings.